The Labute approximate surface area is 96.5 Å². The summed E-state index contributed by atoms with van der Waals surface area (Å²) in [6, 6.07) is 9.68. The maximum Gasteiger partial charge on any atom is 0.146 e. The number of anilines is 1. The first-order chi connectivity index (χ1) is 7.16. The van der Waals surface area contributed by atoms with E-state index in [4.69, 9.17) is 5.73 Å². The highest BCUT2D eigenvalue weighted by Gasteiger charge is 2.02. The molecule has 15 heavy (non-hydrogen) atoms. The van der Waals surface area contributed by atoms with Crippen LogP contribution < -0.4 is 5.73 Å². The number of hydrogen-bond donors (Lipinski definition) is 1. The summed E-state index contributed by atoms with van der Waals surface area (Å²) in [6.07, 6.45) is 0. The van der Waals surface area contributed by atoms with Crippen LogP contribution in [0.1, 0.15) is 5.56 Å². The zero-order valence-corrected chi connectivity index (χ0v) is 9.82. The number of rotatable bonds is 1. The molecule has 1 heterocycles. The van der Waals surface area contributed by atoms with Crippen molar-refractivity contribution in [3.8, 4) is 11.3 Å². The minimum absolute atomic E-state index is 0.438. The van der Waals surface area contributed by atoms with Crippen molar-refractivity contribution in [2.75, 3.05) is 5.73 Å². The molecule has 0 unspecified atom stereocenters. The summed E-state index contributed by atoms with van der Waals surface area (Å²) >= 11 is 3.46. The van der Waals surface area contributed by atoms with Crippen molar-refractivity contribution in [1.29, 1.82) is 0 Å². The summed E-state index contributed by atoms with van der Waals surface area (Å²) in [6.45, 7) is 2.04. The Balaban J connectivity index is 2.45. The Bertz CT molecular complexity index is 480. The van der Waals surface area contributed by atoms with Gasteiger partial charge in [0.2, 0.25) is 0 Å². The van der Waals surface area contributed by atoms with Crippen LogP contribution in [0, 0.1) is 6.92 Å². The predicted octanol–water partition coefficient (Wildman–Crippen LogP) is 2.80. The normalized spacial score (nSPS) is 10.3. The van der Waals surface area contributed by atoms with Crippen molar-refractivity contribution < 1.29 is 0 Å². The van der Waals surface area contributed by atoms with Gasteiger partial charge in [0, 0.05) is 10.0 Å². The third kappa shape index (κ3) is 2.15. The molecule has 0 aliphatic carbocycles. The molecule has 2 aromatic rings. The van der Waals surface area contributed by atoms with Crippen molar-refractivity contribution in [3.63, 3.8) is 0 Å². The predicted molar refractivity (Wildman–Crippen MR) is 64.3 cm³/mol. The SMILES string of the molecule is Cc1cc(-c2ccc(N)nn2)ccc1Br. The van der Waals surface area contributed by atoms with Gasteiger partial charge in [-0.25, -0.2) is 0 Å². The van der Waals surface area contributed by atoms with Gasteiger partial charge in [0.1, 0.15) is 5.82 Å². The summed E-state index contributed by atoms with van der Waals surface area (Å²) in [4.78, 5) is 0. The highest BCUT2D eigenvalue weighted by atomic mass is 79.9. The molecule has 76 valence electrons. The highest BCUT2D eigenvalue weighted by Crippen LogP contribution is 2.23. The van der Waals surface area contributed by atoms with E-state index in [2.05, 4.69) is 32.2 Å². The van der Waals surface area contributed by atoms with Gasteiger partial charge in [0.25, 0.3) is 0 Å². The number of nitrogen functional groups attached to an aromatic ring is 1. The van der Waals surface area contributed by atoms with E-state index in [1.807, 2.05) is 25.1 Å². The molecule has 0 radical (unpaired) electrons. The summed E-state index contributed by atoms with van der Waals surface area (Å²) in [7, 11) is 0. The fourth-order valence-corrected chi connectivity index (χ4v) is 1.55. The molecule has 0 amide bonds. The minimum atomic E-state index is 0.438. The molecular weight excluding hydrogens is 254 g/mol. The molecule has 0 aliphatic heterocycles. The van der Waals surface area contributed by atoms with E-state index in [0.717, 1.165) is 15.7 Å². The van der Waals surface area contributed by atoms with Crippen LogP contribution >= 0.6 is 15.9 Å². The Morgan fingerprint density at radius 3 is 2.53 bits per heavy atom. The Kier molecular flexibility index (Phi) is 2.68. The largest absolute Gasteiger partial charge is 0.382 e. The lowest BCUT2D eigenvalue weighted by Gasteiger charge is -2.03. The van der Waals surface area contributed by atoms with Gasteiger partial charge in [-0.3, -0.25) is 0 Å². The monoisotopic (exact) mass is 263 g/mol. The minimum Gasteiger partial charge on any atom is -0.382 e. The first-order valence-electron chi connectivity index (χ1n) is 4.52. The van der Waals surface area contributed by atoms with E-state index in [1.54, 1.807) is 6.07 Å². The first-order valence-corrected chi connectivity index (χ1v) is 5.32. The lowest BCUT2D eigenvalue weighted by Crippen LogP contribution is -1.93. The Hall–Kier alpha value is -1.42. The van der Waals surface area contributed by atoms with Crippen LogP contribution in [0.15, 0.2) is 34.8 Å². The van der Waals surface area contributed by atoms with Crippen LogP contribution in [-0.2, 0) is 0 Å². The van der Waals surface area contributed by atoms with E-state index < -0.39 is 0 Å². The second-order valence-electron chi connectivity index (χ2n) is 3.31. The number of halogens is 1. The maximum atomic E-state index is 5.48. The van der Waals surface area contributed by atoms with Gasteiger partial charge in [-0.2, -0.15) is 0 Å². The first kappa shape index (κ1) is 10.1. The molecule has 0 saturated carbocycles. The van der Waals surface area contributed by atoms with Crippen molar-refractivity contribution in [1.82, 2.24) is 10.2 Å². The van der Waals surface area contributed by atoms with Crippen molar-refractivity contribution in [2.45, 2.75) is 6.92 Å². The molecule has 2 rings (SSSR count). The van der Waals surface area contributed by atoms with Gasteiger partial charge in [-0.15, -0.1) is 10.2 Å². The number of hydrogen-bond acceptors (Lipinski definition) is 3. The molecule has 0 atom stereocenters. The number of nitrogens with zero attached hydrogens (tertiary/aromatic N) is 2. The molecule has 2 N–H and O–H groups in total. The average molecular weight is 264 g/mol. The lowest BCUT2D eigenvalue weighted by atomic mass is 10.1. The van der Waals surface area contributed by atoms with E-state index in [1.165, 1.54) is 5.56 Å². The van der Waals surface area contributed by atoms with E-state index in [-0.39, 0.29) is 0 Å². The van der Waals surface area contributed by atoms with Crippen LogP contribution in [0.2, 0.25) is 0 Å². The second-order valence-corrected chi connectivity index (χ2v) is 4.16. The molecule has 4 heteroatoms. The number of benzene rings is 1. The quantitative estimate of drug-likeness (QED) is 0.861. The van der Waals surface area contributed by atoms with Gasteiger partial charge in [-0.1, -0.05) is 22.0 Å². The topological polar surface area (TPSA) is 51.8 Å². The summed E-state index contributed by atoms with van der Waals surface area (Å²) in [5.41, 5.74) is 8.53. The highest BCUT2D eigenvalue weighted by molar-refractivity contribution is 9.10. The fourth-order valence-electron chi connectivity index (χ4n) is 1.30. The molecular formula is C11H10BrN3. The zero-order valence-electron chi connectivity index (χ0n) is 8.24. The molecule has 0 bridgehead atoms. The zero-order chi connectivity index (χ0) is 10.8. The van der Waals surface area contributed by atoms with Crippen LogP contribution in [0.4, 0.5) is 5.82 Å². The van der Waals surface area contributed by atoms with Crippen LogP contribution in [0.5, 0.6) is 0 Å². The Morgan fingerprint density at radius 1 is 1.13 bits per heavy atom. The van der Waals surface area contributed by atoms with Crippen molar-refractivity contribution >= 4 is 21.7 Å². The summed E-state index contributed by atoms with van der Waals surface area (Å²) in [5, 5.41) is 7.85. The molecule has 3 nitrogen and oxygen atoms in total. The van der Waals surface area contributed by atoms with Gasteiger partial charge in [0.05, 0.1) is 5.69 Å². The summed E-state index contributed by atoms with van der Waals surface area (Å²) < 4.78 is 1.09. The van der Waals surface area contributed by atoms with Crippen molar-refractivity contribution in [3.05, 3.63) is 40.4 Å². The number of aryl methyl sites for hydroxylation is 1. The smallest absolute Gasteiger partial charge is 0.146 e. The van der Waals surface area contributed by atoms with Gasteiger partial charge >= 0.3 is 0 Å². The standard InChI is InChI=1S/C11H10BrN3/c1-7-6-8(2-3-9(7)12)10-4-5-11(13)15-14-10/h2-6H,1H3,(H2,13,15). The van der Waals surface area contributed by atoms with E-state index in [0.29, 0.717) is 5.82 Å². The lowest BCUT2D eigenvalue weighted by molar-refractivity contribution is 1.05. The molecule has 0 fully saturated rings. The Morgan fingerprint density at radius 2 is 1.93 bits per heavy atom. The van der Waals surface area contributed by atoms with Crippen molar-refractivity contribution in [2.24, 2.45) is 0 Å². The number of nitrogens with two attached hydrogens (primary N) is 1. The molecule has 1 aromatic carbocycles. The van der Waals surface area contributed by atoms with E-state index >= 15 is 0 Å². The average Bonchev–Trinajstić information content (AvgIpc) is 2.23. The van der Waals surface area contributed by atoms with Crippen LogP contribution in [0.25, 0.3) is 11.3 Å². The van der Waals surface area contributed by atoms with Gasteiger partial charge < -0.3 is 5.73 Å². The molecule has 1 aromatic heterocycles. The van der Waals surface area contributed by atoms with Gasteiger partial charge in [0.15, 0.2) is 0 Å². The van der Waals surface area contributed by atoms with Crippen LogP contribution in [0.3, 0.4) is 0 Å². The van der Waals surface area contributed by atoms with Crippen LogP contribution in [-0.4, -0.2) is 10.2 Å². The molecule has 0 saturated heterocycles. The third-order valence-electron chi connectivity index (χ3n) is 2.14. The second kappa shape index (κ2) is 3.98. The molecule has 0 spiro atoms. The fraction of sp³-hybridized carbons (Fsp3) is 0.0909. The number of aromatic nitrogens is 2. The summed E-state index contributed by atoms with van der Waals surface area (Å²) in [5.74, 6) is 0.438. The maximum absolute atomic E-state index is 5.48. The van der Waals surface area contributed by atoms with E-state index in [9.17, 15) is 0 Å². The molecule has 0 aliphatic rings. The van der Waals surface area contributed by atoms with Gasteiger partial charge in [-0.05, 0) is 36.8 Å². The third-order valence-corrected chi connectivity index (χ3v) is 3.03.